The van der Waals surface area contributed by atoms with Crippen molar-refractivity contribution in [2.75, 3.05) is 6.61 Å². The van der Waals surface area contributed by atoms with Crippen LogP contribution in [0.5, 0.6) is 0 Å². The minimum atomic E-state index is -0.734. The Balaban J connectivity index is 2.64. The number of esters is 1. The molecule has 0 aliphatic heterocycles. The standard InChI is InChI=1S/C13H21N3O3/c1-2-19-12(17)9-8-11(15-16-14)13(18)10-6-4-3-5-7-10/h8-11,13,18H,2-7H2,1H3/b9-8+/t11-,13+/m1/s1. The van der Waals surface area contributed by atoms with Gasteiger partial charge in [-0.1, -0.05) is 30.5 Å². The van der Waals surface area contributed by atoms with E-state index in [1.54, 1.807) is 6.92 Å². The molecule has 1 aliphatic rings. The molecule has 1 rings (SSSR count). The zero-order valence-corrected chi connectivity index (χ0v) is 11.2. The zero-order valence-electron chi connectivity index (χ0n) is 11.2. The van der Waals surface area contributed by atoms with Gasteiger partial charge in [0.2, 0.25) is 0 Å². The summed E-state index contributed by atoms with van der Waals surface area (Å²) in [6, 6.07) is -0.711. The Morgan fingerprint density at radius 2 is 2.21 bits per heavy atom. The molecule has 0 amide bonds. The molecule has 1 fully saturated rings. The van der Waals surface area contributed by atoms with E-state index in [2.05, 4.69) is 10.0 Å². The SMILES string of the molecule is CCOC(=O)/C=C/[C@@H](N=[N+]=[N-])[C@@H](O)C1CCCCC1. The lowest BCUT2D eigenvalue weighted by atomic mass is 9.83. The first kappa shape index (κ1) is 15.5. The molecular formula is C13H21N3O3. The van der Waals surface area contributed by atoms with Gasteiger partial charge in [-0.25, -0.2) is 4.79 Å². The van der Waals surface area contributed by atoms with Gasteiger partial charge in [0.05, 0.1) is 18.8 Å². The first-order valence-electron chi connectivity index (χ1n) is 6.76. The van der Waals surface area contributed by atoms with E-state index < -0.39 is 18.1 Å². The quantitative estimate of drug-likeness (QED) is 0.263. The summed E-state index contributed by atoms with van der Waals surface area (Å²) in [5.74, 6) is -0.354. The van der Waals surface area contributed by atoms with Crippen LogP contribution in [0.4, 0.5) is 0 Å². The molecule has 0 heterocycles. The smallest absolute Gasteiger partial charge is 0.330 e. The minimum absolute atomic E-state index is 0.135. The number of carbonyl (C=O) groups is 1. The van der Waals surface area contributed by atoms with Gasteiger partial charge < -0.3 is 9.84 Å². The molecule has 0 aromatic carbocycles. The van der Waals surface area contributed by atoms with Gasteiger partial charge in [0.1, 0.15) is 0 Å². The number of ether oxygens (including phenoxy) is 1. The van der Waals surface area contributed by atoms with Crippen molar-refractivity contribution in [2.24, 2.45) is 11.0 Å². The Kier molecular flexibility index (Phi) is 7.00. The van der Waals surface area contributed by atoms with Gasteiger partial charge in [-0.3, -0.25) is 0 Å². The molecule has 0 unspecified atom stereocenters. The number of azide groups is 1. The Labute approximate surface area is 113 Å². The van der Waals surface area contributed by atoms with Crippen molar-refractivity contribution >= 4 is 5.97 Å². The monoisotopic (exact) mass is 267 g/mol. The van der Waals surface area contributed by atoms with Crippen LogP contribution in [0.15, 0.2) is 17.3 Å². The number of aliphatic hydroxyl groups is 1. The van der Waals surface area contributed by atoms with E-state index in [9.17, 15) is 9.90 Å². The molecule has 6 heteroatoms. The Morgan fingerprint density at radius 1 is 1.53 bits per heavy atom. The van der Waals surface area contributed by atoms with Gasteiger partial charge in [0.15, 0.2) is 0 Å². The maximum Gasteiger partial charge on any atom is 0.330 e. The number of rotatable bonds is 6. The first-order chi connectivity index (χ1) is 9.19. The largest absolute Gasteiger partial charge is 0.463 e. The molecule has 0 spiro atoms. The van der Waals surface area contributed by atoms with Crippen molar-refractivity contribution in [3.8, 4) is 0 Å². The highest BCUT2D eigenvalue weighted by Gasteiger charge is 2.26. The van der Waals surface area contributed by atoms with Crippen LogP contribution in [0.1, 0.15) is 39.0 Å². The van der Waals surface area contributed by atoms with E-state index in [1.807, 2.05) is 0 Å². The summed E-state index contributed by atoms with van der Waals surface area (Å²) in [5.41, 5.74) is 8.55. The summed E-state index contributed by atoms with van der Waals surface area (Å²) in [6.07, 6.45) is 7.15. The molecule has 0 saturated heterocycles. The van der Waals surface area contributed by atoms with Crippen molar-refractivity contribution in [2.45, 2.75) is 51.2 Å². The van der Waals surface area contributed by atoms with E-state index in [0.717, 1.165) is 25.7 Å². The molecular weight excluding hydrogens is 246 g/mol. The normalized spacial score (nSPS) is 19.7. The lowest BCUT2D eigenvalue weighted by Gasteiger charge is -2.28. The highest BCUT2D eigenvalue weighted by Crippen LogP contribution is 2.28. The van der Waals surface area contributed by atoms with Crippen molar-refractivity contribution < 1.29 is 14.6 Å². The fourth-order valence-corrected chi connectivity index (χ4v) is 2.40. The van der Waals surface area contributed by atoms with E-state index in [1.165, 1.54) is 18.6 Å². The fourth-order valence-electron chi connectivity index (χ4n) is 2.40. The second-order valence-corrected chi connectivity index (χ2v) is 4.70. The lowest BCUT2D eigenvalue weighted by molar-refractivity contribution is -0.137. The van der Waals surface area contributed by atoms with Crippen LogP contribution >= 0.6 is 0 Å². The average Bonchev–Trinajstić information content (AvgIpc) is 2.44. The fraction of sp³-hybridized carbons (Fsp3) is 0.769. The van der Waals surface area contributed by atoms with Gasteiger partial charge >= 0.3 is 5.97 Å². The molecule has 0 aromatic heterocycles. The molecule has 1 saturated carbocycles. The predicted octanol–water partition coefficient (Wildman–Crippen LogP) is 2.73. The van der Waals surface area contributed by atoms with Gasteiger partial charge in [-0.2, -0.15) is 0 Å². The summed E-state index contributed by atoms with van der Waals surface area (Å²) in [5, 5.41) is 13.8. The Morgan fingerprint density at radius 3 is 2.79 bits per heavy atom. The van der Waals surface area contributed by atoms with E-state index >= 15 is 0 Å². The topological polar surface area (TPSA) is 95.3 Å². The molecule has 0 aromatic rings. The molecule has 0 bridgehead atoms. The molecule has 1 N–H and O–H groups in total. The van der Waals surface area contributed by atoms with Crippen LogP contribution in [0.25, 0.3) is 10.4 Å². The van der Waals surface area contributed by atoms with E-state index in [4.69, 9.17) is 10.3 Å². The number of hydrogen-bond acceptors (Lipinski definition) is 4. The van der Waals surface area contributed by atoms with Gasteiger partial charge in [0.25, 0.3) is 0 Å². The number of hydrogen-bond donors (Lipinski definition) is 1. The second-order valence-electron chi connectivity index (χ2n) is 4.70. The number of carbonyl (C=O) groups excluding carboxylic acids is 1. The minimum Gasteiger partial charge on any atom is -0.463 e. The summed E-state index contributed by atoms with van der Waals surface area (Å²) in [4.78, 5) is 14.0. The van der Waals surface area contributed by atoms with Crippen LogP contribution < -0.4 is 0 Å². The Hall–Kier alpha value is -1.52. The van der Waals surface area contributed by atoms with Crippen LogP contribution in [0.3, 0.4) is 0 Å². The number of aliphatic hydroxyl groups excluding tert-OH is 1. The molecule has 1 aliphatic carbocycles. The van der Waals surface area contributed by atoms with Crippen LogP contribution in [-0.2, 0) is 9.53 Å². The maximum absolute atomic E-state index is 11.2. The maximum atomic E-state index is 11.2. The van der Waals surface area contributed by atoms with Crippen molar-refractivity contribution in [1.29, 1.82) is 0 Å². The molecule has 19 heavy (non-hydrogen) atoms. The third-order valence-electron chi connectivity index (χ3n) is 3.38. The zero-order chi connectivity index (χ0) is 14.1. The van der Waals surface area contributed by atoms with E-state index in [0.29, 0.717) is 6.61 Å². The summed E-state index contributed by atoms with van der Waals surface area (Å²) < 4.78 is 4.75. The molecule has 0 radical (unpaired) electrons. The second kappa shape index (κ2) is 8.56. The van der Waals surface area contributed by atoms with Gasteiger partial charge in [0, 0.05) is 11.0 Å². The van der Waals surface area contributed by atoms with Crippen LogP contribution in [0.2, 0.25) is 0 Å². The molecule has 2 atom stereocenters. The summed E-state index contributed by atoms with van der Waals surface area (Å²) in [6.45, 7) is 2.01. The lowest BCUT2D eigenvalue weighted by Crippen LogP contribution is -2.32. The van der Waals surface area contributed by atoms with E-state index in [-0.39, 0.29) is 5.92 Å². The van der Waals surface area contributed by atoms with Crippen LogP contribution in [-0.4, -0.2) is 29.8 Å². The predicted molar refractivity (Wildman–Crippen MR) is 71.3 cm³/mol. The summed E-state index contributed by atoms with van der Waals surface area (Å²) in [7, 11) is 0. The first-order valence-corrected chi connectivity index (χ1v) is 6.76. The number of nitrogens with zero attached hydrogens (tertiary/aromatic N) is 3. The van der Waals surface area contributed by atoms with Crippen molar-refractivity contribution in [1.82, 2.24) is 0 Å². The molecule has 6 nitrogen and oxygen atoms in total. The summed E-state index contributed by atoms with van der Waals surface area (Å²) >= 11 is 0. The van der Waals surface area contributed by atoms with Crippen LogP contribution in [0, 0.1) is 5.92 Å². The Bertz CT molecular complexity index is 358. The van der Waals surface area contributed by atoms with Crippen molar-refractivity contribution in [3.63, 3.8) is 0 Å². The van der Waals surface area contributed by atoms with Crippen molar-refractivity contribution in [3.05, 3.63) is 22.6 Å². The molecule has 106 valence electrons. The average molecular weight is 267 g/mol. The highest BCUT2D eigenvalue weighted by atomic mass is 16.5. The third kappa shape index (κ3) is 5.32. The highest BCUT2D eigenvalue weighted by molar-refractivity contribution is 5.82. The third-order valence-corrected chi connectivity index (χ3v) is 3.38. The van der Waals surface area contributed by atoms with Gasteiger partial charge in [-0.15, -0.1) is 0 Å². The van der Waals surface area contributed by atoms with Gasteiger partial charge in [-0.05, 0) is 31.2 Å².